The Hall–Kier alpha value is -2.14. The highest BCUT2D eigenvalue weighted by molar-refractivity contribution is 8.13. The van der Waals surface area contributed by atoms with E-state index in [9.17, 15) is 24.0 Å². The first-order valence-electron chi connectivity index (χ1n) is 7.51. The number of nitrogens with two attached hydrogens (primary N) is 1. The van der Waals surface area contributed by atoms with Crippen molar-refractivity contribution in [3.8, 4) is 0 Å². The van der Waals surface area contributed by atoms with E-state index in [0.29, 0.717) is 0 Å². The molecule has 0 heterocycles. The molecule has 0 saturated carbocycles. The Morgan fingerprint density at radius 2 is 1.88 bits per heavy atom. The van der Waals surface area contributed by atoms with Gasteiger partial charge in [0, 0.05) is 19.1 Å². The number of ether oxygens (including phenoxy) is 1. The quantitative estimate of drug-likeness (QED) is 0.318. The molecule has 0 aromatic rings. The van der Waals surface area contributed by atoms with Gasteiger partial charge >= 0.3 is 11.9 Å². The van der Waals surface area contributed by atoms with E-state index in [1.807, 2.05) is 0 Å². The van der Waals surface area contributed by atoms with E-state index in [-0.39, 0.29) is 30.3 Å². The van der Waals surface area contributed by atoms with Gasteiger partial charge in [-0.3, -0.25) is 24.0 Å². The number of hydrogen-bond acceptors (Lipinski definition) is 8. The van der Waals surface area contributed by atoms with E-state index >= 15 is 0 Å². The monoisotopic (exact) mass is 377 g/mol. The zero-order chi connectivity index (χ0) is 19.4. The number of nitrogens with one attached hydrogen (secondary N) is 2. The molecule has 0 rings (SSSR count). The molecule has 2 atom stereocenters. The lowest BCUT2D eigenvalue weighted by molar-refractivity contribution is -0.145. The average molecular weight is 377 g/mol. The largest absolute Gasteiger partial charge is 0.480 e. The van der Waals surface area contributed by atoms with Gasteiger partial charge in [0.25, 0.3) is 0 Å². The first-order valence-corrected chi connectivity index (χ1v) is 8.50. The number of esters is 1. The van der Waals surface area contributed by atoms with Crippen molar-refractivity contribution in [3.63, 3.8) is 0 Å². The molecule has 0 aromatic carbocycles. The third kappa shape index (κ3) is 11.1. The molecular formula is C14H23N3O7S. The minimum Gasteiger partial charge on any atom is -0.480 e. The van der Waals surface area contributed by atoms with Crippen LogP contribution in [0.4, 0.5) is 0 Å². The number of rotatable bonds is 11. The van der Waals surface area contributed by atoms with Crippen LogP contribution in [0.2, 0.25) is 0 Å². The average Bonchev–Trinajstić information content (AvgIpc) is 2.54. The lowest BCUT2D eigenvalue weighted by Crippen LogP contribution is -2.49. The van der Waals surface area contributed by atoms with E-state index < -0.39 is 42.4 Å². The van der Waals surface area contributed by atoms with Crippen LogP contribution < -0.4 is 16.4 Å². The highest BCUT2D eigenvalue weighted by atomic mass is 32.2. The SMILES string of the molecule is CCOC(=O)C(N)CCC(=O)NC(CSC(C)=O)C(=O)NCC(=O)O. The molecule has 0 fully saturated rings. The summed E-state index contributed by atoms with van der Waals surface area (Å²) in [7, 11) is 0. The number of amides is 2. The highest BCUT2D eigenvalue weighted by Crippen LogP contribution is 2.05. The fourth-order valence-electron chi connectivity index (χ4n) is 1.59. The minimum absolute atomic E-state index is 0.0218. The molecule has 11 heteroatoms. The van der Waals surface area contributed by atoms with Crippen LogP contribution in [0.15, 0.2) is 0 Å². The van der Waals surface area contributed by atoms with Gasteiger partial charge in [0.2, 0.25) is 11.8 Å². The zero-order valence-corrected chi connectivity index (χ0v) is 14.9. The summed E-state index contributed by atoms with van der Waals surface area (Å²) in [5.41, 5.74) is 5.57. The van der Waals surface area contributed by atoms with Crippen LogP contribution in [-0.4, -0.2) is 65.0 Å². The van der Waals surface area contributed by atoms with Gasteiger partial charge in [-0.15, -0.1) is 0 Å². The molecule has 0 radical (unpaired) electrons. The summed E-state index contributed by atoms with van der Waals surface area (Å²) < 4.78 is 4.72. The predicted octanol–water partition coefficient (Wildman–Crippen LogP) is -1.38. The molecule has 25 heavy (non-hydrogen) atoms. The van der Waals surface area contributed by atoms with E-state index in [0.717, 1.165) is 11.8 Å². The van der Waals surface area contributed by atoms with Crippen molar-refractivity contribution >= 4 is 40.6 Å². The lowest BCUT2D eigenvalue weighted by atomic mass is 10.1. The Morgan fingerprint density at radius 1 is 1.24 bits per heavy atom. The highest BCUT2D eigenvalue weighted by Gasteiger charge is 2.23. The number of carbonyl (C=O) groups is 5. The summed E-state index contributed by atoms with van der Waals surface area (Å²) in [6.07, 6.45) is -0.110. The van der Waals surface area contributed by atoms with Crippen molar-refractivity contribution in [1.29, 1.82) is 0 Å². The number of hydrogen-bond donors (Lipinski definition) is 4. The second-order valence-corrected chi connectivity index (χ2v) is 6.13. The van der Waals surface area contributed by atoms with E-state index in [2.05, 4.69) is 10.6 Å². The molecule has 2 unspecified atom stereocenters. The Morgan fingerprint density at radius 3 is 2.40 bits per heavy atom. The Labute approximate surface area is 149 Å². The van der Waals surface area contributed by atoms with Crippen LogP contribution in [0.1, 0.15) is 26.7 Å². The normalized spacial score (nSPS) is 12.6. The lowest BCUT2D eigenvalue weighted by Gasteiger charge is -2.17. The van der Waals surface area contributed by atoms with Gasteiger partial charge in [-0.05, 0) is 13.3 Å². The van der Waals surface area contributed by atoms with Crippen molar-refractivity contribution in [1.82, 2.24) is 10.6 Å². The summed E-state index contributed by atoms with van der Waals surface area (Å²) in [4.78, 5) is 56.7. The smallest absolute Gasteiger partial charge is 0.322 e. The maximum absolute atomic E-state index is 11.9. The van der Waals surface area contributed by atoms with Crippen LogP contribution in [0.5, 0.6) is 0 Å². The molecule has 2 amide bonds. The molecule has 0 bridgehead atoms. The summed E-state index contributed by atoms with van der Waals surface area (Å²) in [6.45, 7) is 2.50. The van der Waals surface area contributed by atoms with Crippen LogP contribution in [0, 0.1) is 0 Å². The van der Waals surface area contributed by atoms with Crippen LogP contribution in [0.3, 0.4) is 0 Å². The van der Waals surface area contributed by atoms with Crippen LogP contribution >= 0.6 is 11.8 Å². The number of carboxylic acids is 1. The van der Waals surface area contributed by atoms with Crippen LogP contribution in [0.25, 0.3) is 0 Å². The van der Waals surface area contributed by atoms with Crippen molar-refractivity contribution < 1.29 is 33.8 Å². The molecule has 5 N–H and O–H groups in total. The summed E-state index contributed by atoms with van der Waals surface area (Å²) in [6, 6.07) is -2.05. The topological polar surface area (TPSA) is 165 Å². The number of carboxylic acid groups (broad SMARTS) is 1. The van der Waals surface area contributed by atoms with Crippen molar-refractivity contribution in [2.75, 3.05) is 18.9 Å². The molecule has 0 aliphatic rings. The molecule has 0 aliphatic carbocycles. The fourth-order valence-corrected chi connectivity index (χ4v) is 2.23. The molecular weight excluding hydrogens is 354 g/mol. The Balaban J connectivity index is 4.57. The van der Waals surface area contributed by atoms with Gasteiger partial charge in [-0.25, -0.2) is 0 Å². The summed E-state index contributed by atoms with van der Waals surface area (Å²) >= 11 is 0.819. The fraction of sp³-hybridized carbons (Fsp3) is 0.643. The Kier molecular flexibility index (Phi) is 11.2. The first kappa shape index (κ1) is 22.9. The molecule has 142 valence electrons. The van der Waals surface area contributed by atoms with E-state index in [1.165, 1.54) is 6.92 Å². The maximum atomic E-state index is 11.9. The predicted molar refractivity (Wildman–Crippen MR) is 89.6 cm³/mol. The standard InChI is InChI=1S/C14H23N3O7S/c1-3-24-14(23)9(15)4-5-11(19)17-10(7-25-8(2)18)13(22)16-6-12(20)21/h9-10H,3-7,15H2,1-2H3,(H,16,22)(H,17,19)(H,20,21). The summed E-state index contributed by atoms with van der Waals surface area (Å²) in [5.74, 6) is -3.19. The molecule has 10 nitrogen and oxygen atoms in total. The van der Waals surface area contributed by atoms with Gasteiger partial charge < -0.3 is 26.2 Å². The van der Waals surface area contributed by atoms with Gasteiger partial charge in [0.15, 0.2) is 5.12 Å². The second-order valence-electron chi connectivity index (χ2n) is 4.93. The van der Waals surface area contributed by atoms with Gasteiger partial charge in [0.1, 0.15) is 18.6 Å². The third-order valence-electron chi connectivity index (χ3n) is 2.79. The number of aliphatic carboxylic acids is 1. The van der Waals surface area contributed by atoms with Crippen LogP contribution in [-0.2, 0) is 28.7 Å². The molecule has 0 saturated heterocycles. The molecule has 0 aliphatic heterocycles. The second kappa shape index (κ2) is 12.3. The summed E-state index contributed by atoms with van der Waals surface area (Å²) in [5, 5.41) is 12.8. The van der Waals surface area contributed by atoms with Gasteiger partial charge in [0.05, 0.1) is 6.61 Å². The third-order valence-corrected chi connectivity index (χ3v) is 3.70. The van der Waals surface area contributed by atoms with Gasteiger partial charge in [-0.1, -0.05) is 11.8 Å². The number of carbonyl (C=O) groups excluding carboxylic acids is 4. The first-order chi connectivity index (χ1) is 11.7. The Bertz CT molecular complexity index is 513. The minimum atomic E-state index is -1.24. The van der Waals surface area contributed by atoms with Crippen molar-refractivity contribution in [3.05, 3.63) is 0 Å². The van der Waals surface area contributed by atoms with Gasteiger partial charge in [-0.2, -0.15) is 0 Å². The molecule has 0 spiro atoms. The van der Waals surface area contributed by atoms with Crippen molar-refractivity contribution in [2.45, 2.75) is 38.8 Å². The number of thioether (sulfide) groups is 1. The molecule has 0 aromatic heterocycles. The van der Waals surface area contributed by atoms with Crippen molar-refractivity contribution in [2.24, 2.45) is 5.73 Å². The maximum Gasteiger partial charge on any atom is 0.322 e. The zero-order valence-electron chi connectivity index (χ0n) is 14.1. The van der Waals surface area contributed by atoms with E-state index in [1.54, 1.807) is 6.92 Å². The van der Waals surface area contributed by atoms with E-state index in [4.69, 9.17) is 15.6 Å².